The van der Waals surface area contributed by atoms with E-state index in [1.807, 2.05) is 55.5 Å². The number of carbonyl (C=O) groups excluding carboxylic acids is 2. The molecule has 1 amide bonds. The molecule has 0 saturated carbocycles. The Bertz CT molecular complexity index is 1380. The second-order valence-corrected chi connectivity index (χ2v) is 10.2. The second kappa shape index (κ2) is 12.0. The molecule has 1 unspecified atom stereocenters. The van der Waals surface area contributed by atoms with Crippen molar-refractivity contribution in [2.75, 3.05) is 29.5 Å². The molecule has 1 heterocycles. The molecular formula is C32H35ClN2O4. The number of aliphatic hydroxyl groups is 1. The van der Waals surface area contributed by atoms with E-state index in [4.69, 9.17) is 16.3 Å². The van der Waals surface area contributed by atoms with Crippen molar-refractivity contribution in [2.24, 2.45) is 0 Å². The number of hydrogen-bond acceptors (Lipinski definition) is 5. The van der Waals surface area contributed by atoms with Crippen molar-refractivity contribution in [3.63, 3.8) is 0 Å². The third kappa shape index (κ3) is 5.52. The fourth-order valence-electron chi connectivity index (χ4n) is 4.98. The summed E-state index contributed by atoms with van der Waals surface area (Å²) in [6.45, 7) is 12.4. The number of nitrogens with zero attached hydrogens (tertiary/aromatic N) is 2. The maximum Gasteiger partial charge on any atom is 0.300 e. The van der Waals surface area contributed by atoms with Gasteiger partial charge < -0.3 is 14.7 Å². The van der Waals surface area contributed by atoms with Crippen molar-refractivity contribution < 1.29 is 19.4 Å². The summed E-state index contributed by atoms with van der Waals surface area (Å²) >= 11 is 6.47. The predicted molar refractivity (Wildman–Crippen MR) is 158 cm³/mol. The first kappa shape index (κ1) is 28.2. The maximum atomic E-state index is 13.6. The molecule has 1 N–H and O–H groups in total. The van der Waals surface area contributed by atoms with Crippen LogP contribution in [-0.2, 0) is 9.59 Å². The summed E-state index contributed by atoms with van der Waals surface area (Å²) in [5.74, 6) is -0.987. The predicted octanol–water partition coefficient (Wildman–Crippen LogP) is 7.33. The molecule has 1 atom stereocenters. The van der Waals surface area contributed by atoms with Gasteiger partial charge in [-0.05, 0) is 80.3 Å². The molecule has 0 radical (unpaired) electrons. The van der Waals surface area contributed by atoms with E-state index in [1.165, 1.54) is 4.90 Å². The molecule has 1 aliphatic heterocycles. The van der Waals surface area contributed by atoms with Crippen LogP contribution in [-0.4, -0.2) is 36.5 Å². The summed E-state index contributed by atoms with van der Waals surface area (Å²) in [4.78, 5) is 30.8. The number of Topliss-reactive ketones (excluding diaryl/α,β-unsaturated/α-hetero) is 1. The molecule has 0 aromatic heterocycles. The van der Waals surface area contributed by atoms with E-state index >= 15 is 0 Å². The van der Waals surface area contributed by atoms with Gasteiger partial charge in [-0.2, -0.15) is 0 Å². The Morgan fingerprint density at radius 2 is 1.62 bits per heavy atom. The number of hydrogen-bond donors (Lipinski definition) is 1. The van der Waals surface area contributed by atoms with Gasteiger partial charge in [0.25, 0.3) is 11.7 Å². The van der Waals surface area contributed by atoms with Crippen LogP contribution in [0.25, 0.3) is 5.76 Å². The van der Waals surface area contributed by atoms with Crippen LogP contribution in [0, 0.1) is 0 Å². The molecule has 7 heteroatoms. The van der Waals surface area contributed by atoms with Gasteiger partial charge in [-0.25, -0.2) is 0 Å². The Morgan fingerprint density at radius 3 is 2.18 bits per heavy atom. The van der Waals surface area contributed by atoms with Crippen molar-refractivity contribution >= 4 is 40.4 Å². The molecular weight excluding hydrogens is 512 g/mol. The number of anilines is 2. The SMILES string of the molecule is CCOc1ccc(Cl)c(/C(O)=C2\C(=O)C(=O)N(c3ccc(C(C)C)cc3)C2c2ccc(N(CC)CC)cc2)c1. The number of carbonyl (C=O) groups is 2. The average molecular weight is 547 g/mol. The molecule has 3 aromatic rings. The standard InChI is InChI=1S/C32H35ClN2O4/c1-6-34(7-2)23-13-11-22(12-14-23)29-28(30(36)26-19-25(39-8-3)17-18-27(26)33)31(37)32(38)35(29)24-15-9-21(10-16-24)20(4)5/h9-20,29,36H,6-8H2,1-5H3/b30-28+. The normalized spacial score (nSPS) is 16.7. The zero-order valence-corrected chi connectivity index (χ0v) is 23.8. The molecule has 0 aliphatic carbocycles. The van der Waals surface area contributed by atoms with E-state index in [9.17, 15) is 14.7 Å². The van der Waals surface area contributed by atoms with Gasteiger partial charge in [-0.15, -0.1) is 0 Å². The minimum atomic E-state index is -0.840. The summed E-state index contributed by atoms with van der Waals surface area (Å²) in [7, 11) is 0. The van der Waals surface area contributed by atoms with Crippen LogP contribution < -0.4 is 14.5 Å². The van der Waals surface area contributed by atoms with Crippen LogP contribution >= 0.6 is 11.6 Å². The lowest BCUT2D eigenvalue weighted by Crippen LogP contribution is -2.29. The molecule has 0 bridgehead atoms. The van der Waals surface area contributed by atoms with Crippen molar-refractivity contribution in [3.05, 3.63) is 94.0 Å². The van der Waals surface area contributed by atoms with E-state index in [-0.39, 0.29) is 21.9 Å². The van der Waals surface area contributed by atoms with Crippen LogP contribution in [0.1, 0.15) is 63.3 Å². The zero-order valence-electron chi connectivity index (χ0n) is 23.1. The number of aliphatic hydroxyl groups excluding tert-OH is 1. The quantitative estimate of drug-likeness (QED) is 0.173. The van der Waals surface area contributed by atoms with Crippen LogP contribution in [0.5, 0.6) is 5.75 Å². The summed E-state index contributed by atoms with van der Waals surface area (Å²) in [6.07, 6.45) is 0. The minimum Gasteiger partial charge on any atom is -0.507 e. The van der Waals surface area contributed by atoms with Gasteiger partial charge in [-0.3, -0.25) is 14.5 Å². The van der Waals surface area contributed by atoms with Crippen molar-refractivity contribution in [1.29, 1.82) is 0 Å². The van der Waals surface area contributed by atoms with Gasteiger partial charge in [0.1, 0.15) is 11.5 Å². The smallest absolute Gasteiger partial charge is 0.300 e. The number of halogens is 1. The fourth-order valence-corrected chi connectivity index (χ4v) is 5.18. The lowest BCUT2D eigenvalue weighted by Gasteiger charge is -2.27. The first-order valence-corrected chi connectivity index (χ1v) is 13.8. The van der Waals surface area contributed by atoms with E-state index < -0.39 is 17.7 Å². The van der Waals surface area contributed by atoms with Crippen molar-refractivity contribution in [1.82, 2.24) is 0 Å². The van der Waals surface area contributed by atoms with Crippen molar-refractivity contribution in [3.8, 4) is 5.75 Å². The number of amides is 1. The molecule has 1 fully saturated rings. The maximum absolute atomic E-state index is 13.6. The number of rotatable bonds is 9. The Labute approximate surface area is 235 Å². The number of benzene rings is 3. The highest BCUT2D eigenvalue weighted by Gasteiger charge is 2.47. The number of ether oxygens (including phenoxy) is 1. The Morgan fingerprint density at radius 1 is 0.974 bits per heavy atom. The lowest BCUT2D eigenvalue weighted by atomic mass is 9.94. The van der Waals surface area contributed by atoms with Gasteiger partial charge in [0.15, 0.2) is 0 Å². The highest BCUT2D eigenvalue weighted by atomic mass is 35.5. The average Bonchev–Trinajstić information content (AvgIpc) is 3.20. The summed E-state index contributed by atoms with van der Waals surface area (Å²) < 4.78 is 5.59. The molecule has 0 spiro atoms. The fraction of sp³-hybridized carbons (Fsp3) is 0.312. The first-order valence-electron chi connectivity index (χ1n) is 13.4. The second-order valence-electron chi connectivity index (χ2n) is 9.75. The number of ketones is 1. The molecule has 3 aromatic carbocycles. The van der Waals surface area contributed by atoms with Crippen LogP contribution in [0.2, 0.25) is 5.02 Å². The van der Waals surface area contributed by atoms with Gasteiger partial charge in [0, 0.05) is 30.0 Å². The minimum absolute atomic E-state index is 0.0147. The highest BCUT2D eigenvalue weighted by molar-refractivity contribution is 6.52. The van der Waals surface area contributed by atoms with Crippen LogP contribution in [0.3, 0.4) is 0 Å². The monoisotopic (exact) mass is 546 g/mol. The van der Waals surface area contributed by atoms with E-state index in [1.54, 1.807) is 18.2 Å². The third-order valence-corrected chi connectivity index (χ3v) is 7.45. The van der Waals surface area contributed by atoms with Crippen LogP contribution in [0.15, 0.2) is 72.3 Å². The molecule has 1 aliphatic rings. The summed E-state index contributed by atoms with van der Waals surface area (Å²) in [5, 5.41) is 11.8. The molecule has 1 saturated heterocycles. The zero-order chi connectivity index (χ0) is 28.3. The molecule has 39 heavy (non-hydrogen) atoms. The largest absolute Gasteiger partial charge is 0.507 e. The van der Waals surface area contributed by atoms with Gasteiger partial charge in [0.2, 0.25) is 0 Å². The van der Waals surface area contributed by atoms with Crippen LogP contribution in [0.4, 0.5) is 11.4 Å². The topological polar surface area (TPSA) is 70.1 Å². The molecule has 6 nitrogen and oxygen atoms in total. The van der Waals surface area contributed by atoms with Gasteiger partial charge in [-0.1, -0.05) is 49.7 Å². The Balaban J connectivity index is 1.91. The van der Waals surface area contributed by atoms with E-state index in [0.29, 0.717) is 29.5 Å². The summed E-state index contributed by atoms with van der Waals surface area (Å²) in [6, 6.07) is 19.4. The first-order chi connectivity index (χ1) is 18.7. The Hall–Kier alpha value is -3.77. The van der Waals surface area contributed by atoms with Gasteiger partial charge in [0.05, 0.1) is 23.2 Å². The summed E-state index contributed by atoms with van der Waals surface area (Å²) in [5.41, 5.74) is 3.66. The van der Waals surface area contributed by atoms with E-state index in [0.717, 1.165) is 24.3 Å². The van der Waals surface area contributed by atoms with Gasteiger partial charge >= 0.3 is 0 Å². The van der Waals surface area contributed by atoms with E-state index in [2.05, 4.69) is 32.6 Å². The third-order valence-electron chi connectivity index (χ3n) is 7.12. The Kier molecular flexibility index (Phi) is 8.66. The van der Waals surface area contributed by atoms with Crippen molar-refractivity contribution in [2.45, 2.75) is 46.6 Å². The lowest BCUT2D eigenvalue weighted by molar-refractivity contribution is -0.132. The highest BCUT2D eigenvalue weighted by Crippen LogP contribution is 2.44. The molecule has 4 rings (SSSR count). The molecule has 204 valence electrons.